The number of aryl methyl sites for hydroxylation is 1. The molecule has 1 aromatic carbocycles. The van der Waals surface area contributed by atoms with Crippen LogP contribution in [0, 0.1) is 6.92 Å². The molecule has 0 bridgehead atoms. The molecule has 0 fully saturated rings. The zero-order valence-electron chi connectivity index (χ0n) is 13.6. The number of carbonyl (C=O) groups excluding carboxylic acids is 2. The zero-order valence-corrected chi connectivity index (χ0v) is 16.0. The van der Waals surface area contributed by atoms with Crippen LogP contribution in [0.1, 0.15) is 39.0 Å². The fourth-order valence-corrected chi connectivity index (χ4v) is 3.91. The number of nitrogens with zero attached hydrogens (tertiary/aromatic N) is 4. The minimum absolute atomic E-state index is 0.0456. The summed E-state index contributed by atoms with van der Waals surface area (Å²) in [4.78, 5) is 33.2. The number of rotatable bonds is 4. The van der Waals surface area contributed by atoms with Crippen molar-refractivity contribution in [3.05, 3.63) is 49.7 Å². The van der Waals surface area contributed by atoms with Gasteiger partial charge in [-0.25, -0.2) is 9.67 Å². The molecule has 0 unspecified atom stereocenters. The van der Waals surface area contributed by atoms with Crippen molar-refractivity contribution in [2.75, 3.05) is 0 Å². The highest BCUT2D eigenvalue weighted by Gasteiger charge is 2.14. The summed E-state index contributed by atoms with van der Waals surface area (Å²) >= 11 is 8.32. The lowest BCUT2D eigenvalue weighted by atomic mass is 10.3. The molecular weight excluding hydrogens is 380 g/mol. The summed E-state index contributed by atoms with van der Waals surface area (Å²) in [5.41, 5.74) is 1.37. The van der Waals surface area contributed by atoms with E-state index in [1.165, 1.54) is 36.5 Å². The zero-order chi connectivity index (χ0) is 18.1. The molecule has 25 heavy (non-hydrogen) atoms. The van der Waals surface area contributed by atoms with Crippen LogP contribution in [-0.2, 0) is 0 Å². The number of aromatic nitrogens is 3. The van der Waals surface area contributed by atoms with E-state index < -0.39 is 0 Å². The summed E-state index contributed by atoms with van der Waals surface area (Å²) in [7, 11) is 0. The van der Waals surface area contributed by atoms with Gasteiger partial charge in [0.25, 0.3) is 0 Å². The standard InChI is InChI=1S/C16H13ClN4O2S2/c1-8-13(9(2)22)24-15(18-8)19-16-21(20-14(25-16)10(3)23)12-6-4-11(17)5-7-12/h4-7H,1-3H3/b19-16-. The van der Waals surface area contributed by atoms with Crippen molar-refractivity contribution in [3.63, 3.8) is 0 Å². The molecule has 0 aliphatic rings. The Morgan fingerprint density at radius 3 is 2.36 bits per heavy atom. The molecule has 9 heteroatoms. The number of ketones is 2. The van der Waals surface area contributed by atoms with Gasteiger partial charge in [0, 0.05) is 18.9 Å². The van der Waals surface area contributed by atoms with E-state index in [0.29, 0.717) is 30.5 Å². The average molecular weight is 393 g/mol. The molecule has 0 spiro atoms. The second-order valence-corrected chi connectivity index (χ2v) is 7.58. The summed E-state index contributed by atoms with van der Waals surface area (Å²) in [5.74, 6) is -0.190. The fraction of sp³-hybridized carbons (Fsp3) is 0.188. The molecule has 0 atom stereocenters. The highest BCUT2D eigenvalue weighted by Crippen LogP contribution is 2.25. The Morgan fingerprint density at radius 1 is 1.12 bits per heavy atom. The van der Waals surface area contributed by atoms with Gasteiger partial charge in [-0.2, -0.15) is 10.1 Å². The summed E-state index contributed by atoms with van der Waals surface area (Å²) in [6.45, 7) is 4.72. The van der Waals surface area contributed by atoms with E-state index in [0.717, 1.165) is 5.69 Å². The van der Waals surface area contributed by atoms with Gasteiger partial charge in [0.1, 0.15) is 0 Å². The van der Waals surface area contributed by atoms with Crippen molar-refractivity contribution >= 4 is 51.0 Å². The van der Waals surface area contributed by atoms with Gasteiger partial charge in [-0.3, -0.25) is 9.59 Å². The highest BCUT2D eigenvalue weighted by molar-refractivity contribution is 7.17. The minimum Gasteiger partial charge on any atom is -0.294 e. The van der Waals surface area contributed by atoms with Crippen molar-refractivity contribution in [1.82, 2.24) is 14.8 Å². The monoisotopic (exact) mass is 392 g/mol. The predicted octanol–water partition coefficient (Wildman–Crippen LogP) is 3.99. The van der Waals surface area contributed by atoms with Crippen LogP contribution in [0.4, 0.5) is 5.13 Å². The van der Waals surface area contributed by atoms with E-state index in [2.05, 4.69) is 15.1 Å². The van der Waals surface area contributed by atoms with Crippen LogP contribution in [-0.4, -0.2) is 26.3 Å². The first-order chi connectivity index (χ1) is 11.8. The molecule has 3 rings (SSSR count). The van der Waals surface area contributed by atoms with Crippen LogP contribution < -0.4 is 4.80 Å². The summed E-state index contributed by atoms with van der Waals surface area (Å²) < 4.78 is 1.57. The fourth-order valence-electron chi connectivity index (χ4n) is 2.09. The van der Waals surface area contributed by atoms with E-state index in [1.807, 2.05) is 0 Å². The van der Waals surface area contributed by atoms with Crippen molar-refractivity contribution in [2.45, 2.75) is 20.8 Å². The van der Waals surface area contributed by atoms with Gasteiger partial charge in [0.15, 0.2) is 16.6 Å². The lowest BCUT2D eigenvalue weighted by molar-refractivity contribution is 0.100. The molecule has 0 radical (unpaired) electrons. The van der Waals surface area contributed by atoms with Gasteiger partial charge in [0.2, 0.25) is 9.93 Å². The third-order valence-corrected chi connectivity index (χ3v) is 5.64. The number of carbonyl (C=O) groups is 2. The Kier molecular flexibility index (Phi) is 4.94. The van der Waals surface area contributed by atoms with Crippen molar-refractivity contribution in [2.24, 2.45) is 4.99 Å². The molecule has 128 valence electrons. The van der Waals surface area contributed by atoms with Gasteiger partial charge < -0.3 is 0 Å². The van der Waals surface area contributed by atoms with Crippen LogP contribution in [0.2, 0.25) is 5.02 Å². The Balaban J connectivity index is 2.17. The second kappa shape index (κ2) is 6.99. The molecular formula is C16H13ClN4O2S2. The third kappa shape index (κ3) is 3.76. The smallest absolute Gasteiger partial charge is 0.215 e. The largest absolute Gasteiger partial charge is 0.294 e. The van der Waals surface area contributed by atoms with E-state index in [-0.39, 0.29) is 11.6 Å². The summed E-state index contributed by atoms with van der Waals surface area (Å²) in [6.07, 6.45) is 0. The number of thiazole rings is 1. The summed E-state index contributed by atoms with van der Waals surface area (Å²) in [6, 6.07) is 7.06. The highest BCUT2D eigenvalue weighted by atomic mass is 35.5. The third-order valence-electron chi connectivity index (χ3n) is 3.23. The molecule has 0 N–H and O–H groups in total. The Hall–Kier alpha value is -2.16. The molecule has 0 saturated heterocycles. The average Bonchev–Trinajstić information content (AvgIpc) is 3.12. The SMILES string of the molecule is CC(=O)c1nn(-c2ccc(Cl)cc2)/c(=N/c2nc(C)c(C(C)=O)s2)s1. The molecule has 6 nitrogen and oxygen atoms in total. The van der Waals surface area contributed by atoms with Gasteiger partial charge in [-0.1, -0.05) is 34.3 Å². The van der Waals surface area contributed by atoms with Crippen LogP contribution in [0.3, 0.4) is 0 Å². The number of hydrogen-bond donors (Lipinski definition) is 0. The first kappa shape index (κ1) is 17.7. The van der Waals surface area contributed by atoms with Gasteiger partial charge in [-0.15, -0.1) is 0 Å². The second-order valence-electron chi connectivity index (χ2n) is 5.21. The molecule has 0 aliphatic heterocycles. The maximum absolute atomic E-state index is 11.7. The normalized spacial score (nSPS) is 11.8. The van der Waals surface area contributed by atoms with Crippen molar-refractivity contribution < 1.29 is 9.59 Å². The van der Waals surface area contributed by atoms with Crippen LogP contribution in [0.25, 0.3) is 5.69 Å². The number of hydrogen-bond acceptors (Lipinski definition) is 7. The molecule has 2 aromatic heterocycles. The van der Waals surface area contributed by atoms with E-state index >= 15 is 0 Å². The lowest BCUT2D eigenvalue weighted by Gasteiger charge is -2.00. The molecule has 2 heterocycles. The Morgan fingerprint density at radius 2 is 1.80 bits per heavy atom. The summed E-state index contributed by atoms with van der Waals surface area (Å²) in [5, 5.41) is 5.72. The number of benzene rings is 1. The first-order valence-electron chi connectivity index (χ1n) is 7.25. The Bertz CT molecular complexity index is 1030. The van der Waals surface area contributed by atoms with Gasteiger partial charge in [0.05, 0.1) is 16.3 Å². The van der Waals surface area contributed by atoms with Crippen LogP contribution >= 0.6 is 34.3 Å². The van der Waals surface area contributed by atoms with E-state index in [9.17, 15) is 9.59 Å². The quantitative estimate of drug-likeness (QED) is 0.629. The first-order valence-corrected chi connectivity index (χ1v) is 9.26. The van der Waals surface area contributed by atoms with E-state index in [4.69, 9.17) is 11.6 Å². The molecule has 3 aromatic rings. The van der Waals surface area contributed by atoms with Gasteiger partial charge in [-0.05, 0) is 31.2 Å². The molecule has 0 aliphatic carbocycles. The maximum atomic E-state index is 11.7. The Labute approximate surface area is 156 Å². The number of Topliss-reactive ketones (excluding diaryl/α,β-unsaturated/α-hetero) is 2. The minimum atomic E-state index is -0.145. The van der Waals surface area contributed by atoms with Crippen molar-refractivity contribution in [3.8, 4) is 5.69 Å². The van der Waals surface area contributed by atoms with E-state index in [1.54, 1.807) is 35.9 Å². The topological polar surface area (TPSA) is 77.2 Å². The van der Waals surface area contributed by atoms with Crippen LogP contribution in [0.15, 0.2) is 29.3 Å². The lowest BCUT2D eigenvalue weighted by Crippen LogP contribution is -2.13. The number of halogens is 1. The molecule has 0 saturated carbocycles. The maximum Gasteiger partial charge on any atom is 0.215 e. The molecule has 0 amide bonds. The van der Waals surface area contributed by atoms with Crippen LogP contribution in [0.5, 0.6) is 0 Å². The van der Waals surface area contributed by atoms with Crippen molar-refractivity contribution in [1.29, 1.82) is 0 Å². The van der Waals surface area contributed by atoms with Gasteiger partial charge >= 0.3 is 0 Å². The predicted molar refractivity (Wildman–Crippen MR) is 98.5 cm³/mol.